The normalized spacial score (nSPS) is 11.5. The minimum atomic E-state index is -0.225. The Morgan fingerprint density at radius 3 is 2.71 bits per heavy atom. The molecule has 0 saturated heterocycles. The van der Waals surface area contributed by atoms with Gasteiger partial charge in [0.1, 0.15) is 24.7 Å². The molecule has 7 nitrogen and oxygen atoms in total. The van der Waals surface area contributed by atoms with Gasteiger partial charge in [-0.05, 0) is 36.4 Å². The van der Waals surface area contributed by atoms with Crippen molar-refractivity contribution in [1.82, 2.24) is 5.32 Å². The summed E-state index contributed by atoms with van der Waals surface area (Å²) in [6.07, 6.45) is 0. The van der Waals surface area contributed by atoms with Crippen molar-refractivity contribution in [3.05, 3.63) is 83.4 Å². The molecule has 0 aromatic heterocycles. The van der Waals surface area contributed by atoms with Crippen molar-refractivity contribution in [3.8, 4) is 29.1 Å². The number of carbonyl (C=O) groups excluding carboxylic acids is 1. The first-order valence-electron chi connectivity index (χ1n) is 9.74. The second-order valence-corrected chi connectivity index (χ2v) is 6.70. The van der Waals surface area contributed by atoms with Crippen LogP contribution in [0.15, 0.2) is 66.7 Å². The number of benzene rings is 3. The minimum Gasteiger partial charge on any atom is -0.492 e. The van der Waals surface area contributed by atoms with E-state index in [1.165, 1.54) is 0 Å². The third-order valence-electron chi connectivity index (χ3n) is 4.63. The van der Waals surface area contributed by atoms with Gasteiger partial charge in [0.25, 0.3) is 5.91 Å². The second-order valence-electron chi connectivity index (χ2n) is 6.70. The quantitative estimate of drug-likeness (QED) is 0.564. The van der Waals surface area contributed by atoms with Crippen LogP contribution in [0.5, 0.6) is 23.0 Å². The fourth-order valence-electron chi connectivity index (χ4n) is 3.05. The van der Waals surface area contributed by atoms with Gasteiger partial charge >= 0.3 is 0 Å². The Morgan fingerprint density at radius 1 is 0.968 bits per heavy atom. The monoisotopic (exact) mass is 416 g/mol. The van der Waals surface area contributed by atoms with E-state index in [0.29, 0.717) is 47.3 Å². The fourth-order valence-corrected chi connectivity index (χ4v) is 3.05. The van der Waals surface area contributed by atoms with Gasteiger partial charge in [0.2, 0.25) is 6.79 Å². The third-order valence-corrected chi connectivity index (χ3v) is 4.63. The van der Waals surface area contributed by atoms with E-state index >= 15 is 0 Å². The van der Waals surface area contributed by atoms with Crippen LogP contribution in [-0.2, 0) is 6.61 Å². The maximum atomic E-state index is 12.4. The number of nitrogens with zero attached hydrogens (tertiary/aromatic N) is 1. The third kappa shape index (κ3) is 5.06. The average molecular weight is 416 g/mol. The lowest BCUT2D eigenvalue weighted by Gasteiger charge is -2.10. The molecular formula is C24H20N2O5. The molecule has 4 rings (SSSR count). The Labute approximate surface area is 179 Å². The van der Waals surface area contributed by atoms with Crippen LogP contribution >= 0.6 is 0 Å². The summed E-state index contributed by atoms with van der Waals surface area (Å²) in [7, 11) is 0. The molecule has 3 aromatic carbocycles. The number of hydrogen-bond donors (Lipinski definition) is 1. The van der Waals surface area contributed by atoms with E-state index in [4.69, 9.17) is 24.2 Å². The Morgan fingerprint density at radius 2 is 1.81 bits per heavy atom. The van der Waals surface area contributed by atoms with Crippen LogP contribution in [0.2, 0.25) is 0 Å². The molecule has 156 valence electrons. The second kappa shape index (κ2) is 9.55. The number of rotatable bonds is 8. The number of nitrogens with one attached hydrogen (secondary N) is 1. The lowest BCUT2D eigenvalue weighted by Crippen LogP contribution is -2.28. The van der Waals surface area contributed by atoms with Crippen molar-refractivity contribution >= 4 is 5.91 Å². The molecule has 0 bridgehead atoms. The summed E-state index contributed by atoms with van der Waals surface area (Å²) >= 11 is 0. The minimum absolute atomic E-state index is 0.211. The van der Waals surface area contributed by atoms with Crippen LogP contribution in [0.1, 0.15) is 21.5 Å². The first-order valence-corrected chi connectivity index (χ1v) is 9.74. The summed E-state index contributed by atoms with van der Waals surface area (Å²) in [5.74, 6) is 2.32. The highest BCUT2D eigenvalue weighted by Crippen LogP contribution is 2.35. The molecule has 3 aromatic rings. The van der Waals surface area contributed by atoms with Crippen molar-refractivity contribution in [2.75, 3.05) is 19.9 Å². The molecule has 0 aliphatic carbocycles. The highest BCUT2D eigenvalue weighted by atomic mass is 16.7. The van der Waals surface area contributed by atoms with Gasteiger partial charge in [0.05, 0.1) is 18.2 Å². The number of nitriles is 1. The predicted octanol–water partition coefficient (Wildman–Crippen LogP) is 3.67. The molecule has 1 amide bonds. The molecule has 1 heterocycles. The first-order chi connectivity index (χ1) is 15.2. The zero-order chi connectivity index (χ0) is 21.5. The Bertz CT molecular complexity index is 1120. The fraction of sp³-hybridized carbons (Fsp3) is 0.167. The number of hydrogen-bond acceptors (Lipinski definition) is 6. The van der Waals surface area contributed by atoms with Crippen LogP contribution in [0.25, 0.3) is 0 Å². The summed E-state index contributed by atoms with van der Waals surface area (Å²) < 4.78 is 22.0. The molecule has 0 saturated carbocycles. The molecule has 1 aliphatic heterocycles. The molecule has 0 spiro atoms. The lowest BCUT2D eigenvalue weighted by atomic mass is 10.1. The number of amides is 1. The molecule has 1 N–H and O–H groups in total. The van der Waals surface area contributed by atoms with Gasteiger partial charge in [-0.3, -0.25) is 4.79 Å². The van der Waals surface area contributed by atoms with E-state index in [1.54, 1.807) is 48.5 Å². The molecule has 31 heavy (non-hydrogen) atoms. The summed E-state index contributed by atoms with van der Waals surface area (Å²) in [6, 6.07) is 21.6. The van der Waals surface area contributed by atoms with Gasteiger partial charge in [-0.1, -0.05) is 24.3 Å². The van der Waals surface area contributed by atoms with E-state index in [9.17, 15) is 4.79 Å². The largest absolute Gasteiger partial charge is 0.492 e. The molecule has 0 radical (unpaired) electrons. The van der Waals surface area contributed by atoms with Crippen molar-refractivity contribution in [2.45, 2.75) is 6.61 Å². The Hall–Kier alpha value is -4.18. The summed E-state index contributed by atoms with van der Waals surface area (Å²) in [5, 5.41) is 12.0. The van der Waals surface area contributed by atoms with E-state index in [1.807, 2.05) is 18.2 Å². The molecular weight excluding hydrogens is 396 g/mol. The standard InChI is InChI=1S/C24H20N2O5/c25-14-18-4-1-2-5-19(18)15-29-20-7-3-6-17(12-20)24(27)26-10-11-28-21-8-9-22-23(13-21)31-16-30-22/h1-9,12-13H,10-11,15-16H2,(H,26,27). The van der Waals surface area contributed by atoms with Gasteiger partial charge in [0, 0.05) is 17.2 Å². The molecule has 7 heteroatoms. The average Bonchev–Trinajstić information content (AvgIpc) is 3.28. The first kappa shape index (κ1) is 20.1. The van der Waals surface area contributed by atoms with Crippen molar-refractivity contribution in [2.24, 2.45) is 0 Å². The van der Waals surface area contributed by atoms with Gasteiger partial charge in [-0.25, -0.2) is 0 Å². The molecule has 1 aliphatic rings. The van der Waals surface area contributed by atoms with Gasteiger partial charge < -0.3 is 24.3 Å². The van der Waals surface area contributed by atoms with Gasteiger partial charge in [-0.2, -0.15) is 5.26 Å². The highest BCUT2D eigenvalue weighted by Gasteiger charge is 2.13. The van der Waals surface area contributed by atoms with E-state index < -0.39 is 0 Å². The Kier molecular flexibility index (Phi) is 6.19. The highest BCUT2D eigenvalue weighted by molar-refractivity contribution is 5.94. The topological polar surface area (TPSA) is 89.8 Å². The van der Waals surface area contributed by atoms with E-state index in [2.05, 4.69) is 11.4 Å². The molecule has 0 atom stereocenters. The van der Waals surface area contributed by atoms with Crippen LogP contribution in [0.4, 0.5) is 0 Å². The smallest absolute Gasteiger partial charge is 0.251 e. The van der Waals surface area contributed by atoms with E-state index in [-0.39, 0.29) is 19.3 Å². The van der Waals surface area contributed by atoms with Crippen LogP contribution < -0.4 is 24.3 Å². The van der Waals surface area contributed by atoms with Crippen molar-refractivity contribution in [1.29, 1.82) is 5.26 Å². The number of carbonyl (C=O) groups is 1. The Balaban J connectivity index is 1.26. The summed E-state index contributed by atoms with van der Waals surface area (Å²) in [6.45, 7) is 1.11. The maximum absolute atomic E-state index is 12.4. The summed E-state index contributed by atoms with van der Waals surface area (Å²) in [4.78, 5) is 12.4. The maximum Gasteiger partial charge on any atom is 0.251 e. The van der Waals surface area contributed by atoms with Crippen LogP contribution in [0, 0.1) is 11.3 Å². The zero-order valence-electron chi connectivity index (χ0n) is 16.7. The van der Waals surface area contributed by atoms with E-state index in [0.717, 1.165) is 5.56 Å². The molecule has 0 unspecified atom stereocenters. The van der Waals surface area contributed by atoms with Crippen LogP contribution in [0.3, 0.4) is 0 Å². The summed E-state index contributed by atoms with van der Waals surface area (Å²) in [5.41, 5.74) is 1.84. The SMILES string of the molecule is N#Cc1ccccc1COc1cccc(C(=O)NCCOc2ccc3c(c2)OCO3)c1. The predicted molar refractivity (Wildman–Crippen MR) is 112 cm³/mol. The number of ether oxygens (including phenoxy) is 4. The number of fused-ring (bicyclic) bond motifs is 1. The van der Waals surface area contributed by atoms with Crippen LogP contribution in [-0.4, -0.2) is 25.9 Å². The molecule has 0 fully saturated rings. The lowest BCUT2D eigenvalue weighted by molar-refractivity contribution is 0.0946. The van der Waals surface area contributed by atoms with Gasteiger partial charge in [-0.15, -0.1) is 0 Å². The van der Waals surface area contributed by atoms with Gasteiger partial charge in [0.15, 0.2) is 11.5 Å². The van der Waals surface area contributed by atoms with Crippen molar-refractivity contribution < 1.29 is 23.7 Å². The van der Waals surface area contributed by atoms with Crippen molar-refractivity contribution in [3.63, 3.8) is 0 Å². The zero-order valence-corrected chi connectivity index (χ0v) is 16.7.